The number of pyridine rings is 1. The average Bonchev–Trinajstić information content (AvgIpc) is 2.87. The van der Waals surface area contributed by atoms with Crippen LogP contribution in [0.1, 0.15) is 36.6 Å². The van der Waals surface area contributed by atoms with Crippen molar-refractivity contribution in [2.24, 2.45) is 0 Å². The maximum absolute atomic E-state index is 12.5. The highest BCUT2D eigenvalue weighted by atomic mass is 16.5. The zero-order chi connectivity index (χ0) is 13.7. The molecule has 1 aliphatic rings. The molecule has 4 nitrogen and oxygen atoms in total. The van der Waals surface area contributed by atoms with Crippen LogP contribution in [-0.2, 0) is 30.7 Å². The fourth-order valence-electron chi connectivity index (χ4n) is 2.77. The molecular formula is C15H24N2O2. The summed E-state index contributed by atoms with van der Waals surface area (Å²) in [6.07, 6.45) is 4.22. The molecule has 0 unspecified atom stereocenters. The van der Waals surface area contributed by atoms with Crippen molar-refractivity contribution in [2.45, 2.75) is 45.7 Å². The Morgan fingerprint density at radius 2 is 2.26 bits per heavy atom. The number of ether oxygens (including phenoxy) is 1. The number of hydrogen-bond donors (Lipinski definition) is 1. The quantitative estimate of drug-likeness (QED) is 0.759. The van der Waals surface area contributed by atoms with Gasteiger partial charge in [-0.15, -0.1) is 0 Å². The lowest BCUT2D eigenvalue weighted by molar-refractivity contribution is 0.189. The Kier molecular flexibility index (Phi) is 5.16. The molecule has 1 aromatic heterocycles. The van der Waals surface area contributed by atoms with Crippen LogP contribution < -0.4 is 10.9 Å². The zero-order valence-electron chi connectivity index (χ0n) is 12.0. The van der Waals surface area contributed by atoms with Gasteiger partial charge in [0.1, 0.15) is 0 Å². The monoisotopic (exact) mass is 264 g/mol. The predicted octanol–water partition coefficient (Wildman–Crippen LogP) is 1.48. The Bertz CT molecular complexity index is 480. The standard InChI is InChI=1S/C15H24N2O2/c1-3-16-11-13-10-12-6-4-7-14(12)17(15(13)18)8-5-9-19-2/h10,16H,3-9,11H2,1-2H3. The highest BCUT2D eigenvalue weighted by molar-refractivity contribution is 5.30. The minimum absolute atomic E-state index is 0.178. The van der Waals surface area contributed by atoms with Crippen molar-refractivity contribution < 1.29 is 4.74 Å². The highest BCUT2D eigenvalue weighted by Gasteiger charge is 2.18. The van der Waals surface area contributed by atoms with Gasteiger partial charge in [-0.2, -0.15) is 0 Å². The minimum atomic E-state index is 0.178. The molecule has 0 aliphatic heterocycles. The van der Waals surface area contributed by atoms with Crippen LogP contribution in [-0.4, -0.2) is 24.8 Å². The van der Waals surface area contributed by atoms with Crippen LogP contribution in [0.15, 0.2) is 10.9 Å². The predicted molar refractivity (Wildman–Crippen MR) is 76.6 cm³/mol. The average molecular weight is 264 g/mol. The molecule has 0 fully saturated rings. The first kappa shape index (κ1) is 14.3. The van der Waals surface area contributed by atoms with Gasteiger partial charge in [0.05, 0.1) is 0 Å². The van der Waals surface area contributed by atoms with Gasteiger partial charge in [-0.25, -0.2) is 0 Å². The van der Waals surface area contributed by atoms with E-state index in [1.807, 2.05) is 4.57 Å². The lowest BCUT2D eigenvalue weighted by atomic mass is 10.1. The van der Waals surface area contributed by atoms with Crippen LogP contribution in [0.5, 0.6) is 0 Å². The van der Waals surface area contributed by atoms with E-state index in [0.29, 0.717) is 13.2 Å². The SMILES string of the molecule is CCNCc1cc2c(n(CCCOC)c1=O)CCC2. The molecule has 0 bridgehead atoms. The van der Waals surface area contributed by atoms with Gasteiger partial charge in [0, 0.05) is 38.1 Å². The Morgan fingerprint density at radius 1 is 1.42 bits per heavy atom. The lowest BCUT2D eigenvalue weighted by Gasteiger charge is -2.14. The second-order valence-electron chi connectivity index (χ2n) is 5.08. The highest BCUT2D eigenvalue weighted by Crippen LogP contribution is 2.21. The van der Waals surface area contributed by atoms with E-state index in [0.717, 1.165) is 37.9 Å². The molecule has 0 spiro atoms. The molecule has 0 aromatic carbocycles. The molecule has 0 amide bonds. The molecule has 0 saturated carbocycles. The molecule has 0 atom stereocenters. The van der Waals surface area contributed by atoms with Crippen LogP contribution in [0.2, 0.25) is 0 Å². The normalized spacial score (nSPS) is 13.8. The van der Waals surface area contributed by atoms with Crippen LogP contribution in [0, 0.1) is 0 Å². The molecule has 106 valence electrons. The molecule has 1 aliphatic carbocycles. The van der Waals surface area contributed by atoms with Crippen molar-refractivity contribution in [3.05, 3.63) is 33.2 Å². The Labute approximate surface area is 114 Å². The number of nitrogens with one attached hydrogen (secondary N) is 1. The number of aromatic nitrogens is 1. The van der Waals surface area contributed by atoms with Gasteiger partial charge in [-0.3, -0.25) is 4.79 Å². The zero-order valence-corrected chi connectivity index (χ0v) is 12.0. The minimum Gasteiger partial charge on any atom is -0.385 e. The third-order valence-corrected chi connectivity index (χ3v) is 3.72. The van der Waals surface area contributed by atoms with Gasteiger partial charge >= 0.3 is 0 Å². The van der Waals surface area contributed by atoms with Gasteiger partial charge in [0.15, 0.2) is 0 Å². The van der Waals surface area contributed by atoms with E-state index in [1.54, 1.807) is 7.11 Å². The largest absolute Gasteiger partial charge is 0.385 e. The summed E-state index contributed by atoms with van der Waals surface area (Å²) in [6, 6.07) is 2.11. The number of rotatable bonds is 7. The first-order valence-electron chi connectivity index (χ1n) is 7.22. The molecule has 1 aromatic rings. The maximum atomic E-state index is 12.5. The fourth-order valence-corrected chi connectivity index (χ4v) is 2.77. The van der Waals surface area contributed by atoms with Gasteiger partial charge < -0.3 is 14.6 Å². The Balaban J connectivity index is 2.27. The summed E-state index contributed by atoms with van der Waals surface area (Å²) in [7, 11) is 1.70. The van der Waals surface area contributed by atoms with E-state index in [4.69, 9.17) is 4.74 Å². The number of hydrogen-bond acceptors (Lipinski definition) is 3. The Hall–Kier alpha value is -1.13. The van der Waals surface area contributed by atoms with Crippen molar-refractivity contribution in [1.82, 2.24) is 9.88 Å². The van der Waals surface area contributed by atoms with Crippen LogP contribution in [0.25, 0.3) is 0 Å². The number of nitrogens with zero attached hydrogens (tertiary/aromatic N) is 1. The second kappa shape index (κ2) is 6.87. The third-order valence-electron chi connectivity index (χ3n) is 3.72. The van der Waals surface area contributed by atoms with E-state index >= 15 is 0 Å². The molecule has 19 heavy (non-hydrogen) atoms. The van der Waals surface area contributed by atoms with Crippen molar-refractivity contribution >= 4 is 0 Å². The van der Waals surface area contributed by atoms with Crippen LogP contribution in [0.4, 0.5) is 0 Å². The van der Waals surface area contributed by atoms with Gasteiger partial charge in [-0.05, 0) is 43.9 Å². The van der Waals surface area contributed by atoms with Crippen molar-refractivity contribution in [1.29, 1.82) is 0 Å². The van der Waals surface area contributed by atoms with E-state index < -0.39 is 0 Å². The Morgan fingerprint density at radius 3 is 3.00 bits per heavy atom. The topological polar surface area (TPSA) is 43.3 Å². The van der Waals surface area contributed by atoms with E-state index in [2.05, 4.69) is 18.3 Å². The van der Waals surface area contributed by atoms with Gasteiger partial charge in [0.2, 0.25) is 0 Å². The van der Waals surface area contributed by atoms with Crippen molar-refractivity contribution in [3.63, 3.8) is 0 Å². The van der Waals surface area contributed by atoms with Crippen molar-refractivity contribution in [3.8, 4) is 0 Å². The maximum Gasteiger partial charge on any atom is 0.255 e. The van der Waals surface area contributed by atoms with Crippen LogP contribution >= 0.6 is 0 Å². The summed E-state index contributed by atoms with van der Waals surface area (Å²) < 4.78 is 7.07. The summed E-state index contributed by atoms with van der Waals surface area (Å²) in [6.45, 7) is 5.10. The molecule has 0 saturated heterocycles. The molecular weight excluding hydrogens is 240 g/mol. The first-order chi connectivity index (χ1) is 9.27. The number of aryl methyl sites for hydroxylation is 1. The van der Waals surface area contributed by atoms with Crippen molar-refractivity contribution in [2.75, 3.05) is 20.3 Å². The first-order valence-corrected chi connectivity index (χ1v) is 7.22. The number of fused-ring (bicyclic) bond motifs is 1. The second-order valence-corrected chi connectivity index (χ2v) is 5.08. The summed E-state index contributed by atoms with van der Waals surface area (Å²) in [5, 5.41) is 3.25. The molecule has 0 radical (unpaired) electrons. The van der Waals surface area contributed by atoms with Crippen LogP contribution in [0.3, 0.4) is 0 Å². The summed E-state index contributed by atoms with van der Waals surface area (Å²) in [5.74, 6) is 0. The molecule has 1 heterocycles. The summed E-state index contributed by atoms with van der Waals surface area (Å²) in [5.41, 5.74) is 3.70. The third kappa shape index (κ3) is 3.25. The van der Waals surface area contributed by atoms with E-state index in [-0.39, 0.29) is 5.56 Å². The summed E-state index contributed by atoms with van der Waals surface area (Å²) in [4.78, 5) is 12.5. The molecule has 1 N–H and O–H groups in total. The fraction of sp³-hybridized carbons (Fsp3) is 0.667. The van der Waals surface area contributed by atoms with Gasteiger partial charge in [0.25, 0.3) is 5.56 Å². The number of methoxy groups -OCH3 is 1. The van der Waals surface area contributed by atoms with E-state index in [9.17, 15) is 4.79 Å². The van der Waals surface area contributed by atoms with Gasteiger partial charge in [-0.1, -0.05) is 6.92 Å². The molecule has 4 heteroatoms. The summed E-state index contributed by atoms with van der Waals surface area (Å²) >= 11 is 0. The molecule has 2 rings (SSSR count). The smallest absolute Gasteiger partial charge is 0.255 e. The van der Waals surface area contributed by atoms with E-state index in [1.165, 1.54) is 17.7 Å². The lowest BCUT2D eigenvalue weighted by Crippen LogP contribution is -2.30.